The molecule has 122 valence electrons. The van der Waals surface area contributed by atoms with Crippen molar-refractivity contribution >= 4 is 17.5 Å². The van der Waals surface area contributed by atoms with Crippen LogP contribution in [0.25, 0.3) is 0 Å². The minimum Gasteiger partial charge on any atom is -0.457 e. The Kier molecular flexibility index (Phi) is 3.81. The lowest BCUT2D eigenvalue weighted by Crippen LogP contribution is -2.39. The number of rotatable bonds is 5. The van der Waals surface area contributed by atoms with Crippen LogP contribution < -0.4 is 9.64 Å². The number of hydrogen-bond donors (Lipinski definition) is 0. The van der Waals surface area contributed by atoms with Gasteiger partial charge in [-0.3, -0.25) is 14.5 Å². The Labute approximate surface area is 141 Å². The van der Waals surface area contributed by atoms with Crippen molar-refractivity contribution in [2.24, 2.45) is 11.8 Å². The number of nitrogens with zero attached hydrogens (tertiary/aromatic N) is 1. The molecule has 24 heavy (non-hydrogen) atoms. The van der Waals surface area contributed by atoms with Gasteiger partial charge >= 0.3 is 0 Å². The van der Waals surface area contributed by atoms with E-state index in [-0.39, 0.29) is 23.7 Å². The van der Waals surface area contributed by atoms with Crippen LogP contribution in [0, 0.1) is 11.8 Å². The number of imide groups is 1. The Morgan fingerprint density at radius 2 is 1.25 bits per heavy atom. The molecule has 2 fully saturated rings. The lowest BCUT2D eigenvalue weighted by molar-refractivity contribution is -0.127. The molecule has 0 unspecified atom stereocenters. The predicted octanol–water partition coefficient (Wildman–Crippen LogP) is 4.16. The molecule has 2 aromatic rings. The quantitative estimate of drug-likeness (QED) is 0.777. The molecule has 0 bridgehead atoms. The summed E-state index contributed by atoms with van der Waals surface area (Å²) in [6.07, 6.45) is 3.57. The van der Waals surface area contributed by atoms with Crippen LogP contribution >= 0.6 is 0 Å². The van der Waals surface area contributed by atoms with E-state index in [1.54, 1.807) is 24.3 Å². The third-order valence-corrected chi connectivity index (χ3v) is 4.37. The summed E-state index contributed by atoms with van der Waals surface area (Å²) in [5.41, 5.74) is 0.643. The summed E-state index contributed by atoms with van der Waals surface area (Å²) in [7, 11) is 0. The highest BCUT2D eigenvalue weighted by molar-refractivity contribution is 6.17. The van der Waals surface area contributed by atoms with E-state index in [0.29, 0.717) is 11.4 Å². The van der Waals surface area contributed by atoms with Gasteiger partial charge in [-0.15, -0.1) is 0 Å². The topological polar surface area (TPSA) is 46.6 Å². The fourth-order valence-corrected chi connectivity index (χ4v) is 2.68. The molecule has 0 atom stereocenters. The van der Waals surface area contributed by atoms with Gasteiger partial charge in [-0.2, -0.15) is 0 Å². The Balaban J connectivity index is 1.54. The van der Waals surface area contributed by atoms with Crippen LogP contribution in [0.2, 0.25) is 0 Å². The van der Waals surface area contributed by atoms with E-state index in [1.807, 2.05) is 30.3 Å². The average Bonchev–Trinajstić information content (AvgIpc) is 3.50. The fraction of sp³-hybridized carbons (Fsp3) is 0.300. The van der Waals surface area contributed by atoms with Gasteiger partial charge in [0, 0.05) is 11.8 Å². The summed E-state index contributed by atoms with van der Waals surface area (Å²) in [6, 6.07) is 16.7. The largest absolute Gasteiger partial charge is 0.457 e. The highest BCUT2D eigenvalue weighted by Crippen LogP contribution is 2.38. The van der Waals surface area contributed by atoms with E-state index in [0.717, 1.165) is 31.4 Å². The first-order valence-corrected chi connectivity index (χ1v) is 8.43. The summed E-state index contributed by atoms with van der Waals surface area (Å²) >= 11 is 0. The summed E-state index contributed by atoms with van der Waals surface area (Å²) in [4.78, 5) is 26.4. The maximum Gasteiger partial charge on any atom is 0.236 e. The first-order valence-electron chi connectivity index (χ1n) is 8.43. The van der Waals surface area contributed by atoms with Crippen LogP contribution in [-0.4, -0.2) is 11.8 Å². The number of carbonyl (C=O) groups is 2. The first-order chi connectivity index (χ1) is 11.7. The van der Waals surface area contributed by atoms with Gasteiger partial charge in [0.15, 0.2) is 0 Å². The van der Waals surface area contributed by atoms with Gasteiger partial charge in [0.25, 0.3) is 0 Å². The van der Waals surface area contributed by atoms with Crippen LogP contribution in [0.15, 0.2) is 54.6 Å². The number of hydrogen-bond acceptors (Lipinski definition) is 3. The number of anilines is 1. The maximum absolute atomic E-state index is 12.5. The molecule has 0 radical (unpaired) electrons. The van der Waals surface area contributed by atoms with E-state index in [1.165, 1.54) is 4.90 Å². The second kappa shape index (κ2) is 6.11. The van der Waals surface area contributed by atoms with Crippen molar-refractivity contribution in [3.8, 4) is 11.5 Å². The van der Waals surface area contributed by atoms with Crippen molar-refractivity contribution in [1.82, 2.24) is 0 Å². The van der Waals surface area contributed by atoms with Gasteiger partial charge in [-0.25, -0.2) is 0 Å². The van der Waals surface area contributed by atoms with Gasteiger partial charge in [0.2, 0.25) is 11.8 Å². The van der Waals surface area contributed by atoms with E-state index in [9.17, 15) is 9.59 Å². The fourth-order valence-electron chi connectivity index (χ4n) is 2.68. The minimum absolute atomic E-state index is 0.0212. The second-order valence-electron chi connectivity index (χ2n) is 6.47. The van der Waals surface area contributed by atoms with E-state index in [2.05, 4.69) is 0 Å². The van der Waals surface area contributed by atoms with E-state index >= 15 is 0 Å². The Hall–Kier alpha value is -2.62. The summed E-state index contributed by atoms with van der Waals surface area (Å²) < 4.78 is 5.77. The molecule has 0 heterocycles. The molecule has 0 saturated heterocycles. The van der Waals surface area contributed by atoms with Gasteiger partial charge < -0.3 is 4.74 Å². The molecule has 4 rings (SSSR count). The normalized spacial score (nSPS) is 16.5. The molecular weight excluding hydrogens is 302 g/mol. The maximum atomic E-state index is 12.5. The Morgan fingerprint density at radius 1 is 0.750 bits per heavy atom. The lowest BCUT2D eigenvalue weighted by atomic mass is 10.2. The van der Waals surface area contributed by atoms with Gasteiger partial charge in [0.05, 0.1) is 5.69 Å². The lowest BCUT2D eigenvalue weighted by Gasteiger charge is -2.21. The van der Waals surface area contributed by atoms with Gasteiger partial charge in [0.1, 0.15) is 11.5 Å². The Morgan fingerprint density at radius 3 is 1.75 bits per heavy atom. The zero-order valence-corrected chi connectivity index (χ0v) is 13.4. The summed E-state index contributed by atoms with van der Waals surface area (Å²) in [6.45, 7) is 0. The van der Waals surface area contributed by atoms with Crippen LogP contribution in [-0.2, 0) is 9.59 Å². The van der Waals surface area contributed by atoms with Crippen molar-refractivity contribution < 1.29 is 14.3 Å². The number of carbonyl (C=O) groups excluding carboxylic acids is 2. The van der Waals surface area contributed by atoms with Crippen LogP contribution in [0.3, 0.4) is 0 Å². The first kappa shape index (κ1) is 14.9. The predicted molar refractivity (Wildman–Crippen MR) is 90.9 cm³/mol. The molecule has 4 heteroatoms. The van der Waals surface area contributed by atoms with Crippen molar-refractivity contribution in [2.45, 2.75) is 25.7 Å². The van der Waals surface area contributed by atoms with Crippen LogP contribution in [0.1, 0.15) is 25.7 Å². The van der Waals surface area contributed by atoms with Crippen molar-refractivity contribution in [3.05, 3.63) is 54.6 Å². The standard InChI is InChI=1S/C20H19NO3/c22-19(14-6-7-14)21(20(23)15-8-9-15)16-10-12-18(13-11-16)24-17-4-2-1-3-5-17/h1-5,10-15H,6-9H2. The molecule has 0 aromatic heterocycles. The van der Waals surface area contributed by atoms with E-state index < -0.39 is 0 Å². The SMILES string of the molecule is O=C(C1CC1)N(C(=O)C1CC1)c1ccc(Oc2ccccc2)cc1. The number of para-hydroxylation sites is 1. The molecule has 0 aliphatic heterocycles. The number of ether oxygens (including phenoxy) is 1. The van der Waals surface area contributed by atoms with E-state index in [4.69, 9.17) is 4.74 Å². The Bertz CT molecular complexity index is 722. The van der Waals surface area contributed by atoms with Crippen molar-refractivity contribution in [3.63, 3.8) is 0 Å². The molecule has 2 saturated carbocycles. The van der Waals surface area contributed by atoms with Crippen molar-refractivity contribution in [2.75, 3.05) is 4.90 Å². The smallest absolute Gasteiger partial charge is 0.236 e. The molecule has 0 spiro atoms. The summed E-state index contributed by atoms with van der Waals surface area (Å²) in [5.74, 6) is 1.38. The molecule has 2 aliphatic rings. The monoisotopic (exact) mass is 321 g/mol. The van der Waals surface area contributed by atoms with Crippen molar-refractivity contribution in [1.29, 1.82) is 0 Å². The van der Waals surface area contributed by atoms with Crippen LogP contribution in [0.5, 0.6) is 11.5 Å². The zero-order chi connectivity index (χ0) is 16.5. The van der Waals surface area contributed by atoms with Gasteiger partial charge in [-0.05, 0) is 62.1 Å². The number of amides is 2. The molecule has 4 nitrogen and oxygen atoms in total. The highest BCUT2D eigenvalue weighted by atomic mass is 16.5. The molecule has 2 amide bonds. The van der Waals surface area contributed by atoms with Gasteiger partial charge in [-0.1, -0.05) is 18.2 Å². The molecule has 0 N–H and O–H groups in total. The van der Waals surface area contributed by atoms with Crippen LogP contribution in [0.4, 0.5) is 5.69 Å². The third kappa shape index (κ3) is 3.18. The minimum atomic E-state index is -0.0522. The second-order valence-corrected chi connectivity index (χ2v) is 6.47. The molecular formula is C20H19NO3. The molecule has 2 aliphatic carbocycles. The molecule has 2 aromatic carbocycles. The third-order valence-electron chi connectivity index (χ3n) is 4.37. The number of benzene rings is 2. The average molecular weight is 321 g/mol. The highest BCUT2D eigenvalue weighted by Gasteiger charge is 2.42. The zero-order valence-electron chi connectivity index (χ0n) is 13.4. The summed E-state index contributed by atoms with van der Waals surface area (Å²) in [5, 5.41) is 0.